The van der Waals surface area contributed by atoms with Crippen molar-refractivity contribution in [1.82, 2.24) is 20.2 Å². The second-order valence-corrected chi connectivity index (χ2v) is 4.05. The van der Waals surface area contributed by atoms with Crippen LogP contribution in [-0.4, -0.2) is 48.1 Å². The molecule has 1 aromatic heterocycles. The third-order valence-corrected chi connectivity index (χ3v) is 2.11. The van der Waals surface area contributed by atoms with E-state index in [4.69, 9.17) is 5.73 Å². The molecule has 0 aliphatic carbocycles. The maximum Gasteiger partial charge on any atom is 0.451 e. The number of hydrogen-bond acceptors (Lipinski definition) is 5. The van der Waals surface area contributed by atoms with Gasteiger partial charge in [0, 0.05) is 33.3 Å². The second-order valence-electron chi connectivity index (χ2n) is 4.05. The van der Waals surface area contributed by atoms with Crippen molar-refractivity contribution in [1.29, 1.82) is 0 Å². The Kier molecular flexibility index (Phi) is 4.94. The molecule has 0 aliphatic heterocycles. The Morgan fingerprint density at radius 1 is 1.35 bits per heavy atom. The van der Waals surface area contributed by atoms with E-state index in [2.05, 4.69) is 20.6 Å². The van der Waals surface area contributed by atoms with Gasteiger partial charge in [-0.2, -0.15) is 13.2 Å². The maximum atomic E-state index is 12.5. The highest BCUT2D eigenvalue weighted by molar-refractivity contribution is 5.73. The molecule has 20 heavy (non-hydrogen) atoms. The molecule has 10 heteroatoms. The number of halogens is 3. The standard InChI is InChI=1S/C10H15F3N6O/c1-19(2)9(20)16-4-3-15-7-5-6(14)17-8(18-7)10(11,12)13/h5H,3-4H2,1-2H3,(H,16,20)(H3,14,15,17,18). The second kappa shape index (κ2) is 6.26. The van der Waals surface area contributed by atoms with Crippen molar-refractivity contribution in [3.05, 3.63) is 11.9 Å². The molecule has 0 unspecified atom stereocenters. The fourth-order valence-electron chi connectivity index (χ4n) is 1.20. The Hall–Kier alpha value is -2.26. The molecule has 0 spiro atoms. The molecule has 0 radical (unpaired) electrons. The van der Waals surface area contributed by atoms with Crippen LogP contribution in [0.4, 0.5) is 29.6 Å². The molecule has 4 N–H and O–H groups in total. The van der Waals surface area contributed by atoms with E-state index >= 15 is 0 Å². The molecule has 2 amide bonds. The van der Waals surface area contributed by atoms with Crippen LogP contribution in [0.15, 0.2) is 6.07 Å². The van der Waals surface area contributed by atoms with Crippen LogP contribution in [-0.2, 0) is 6.18 Å². The van der Waals surface area contributed by atoms with Crippen LogP contribution in [0.3, 0.4) is 0 Å². The Bertz CT molecular complexity index is 477. The number of nitrogen functional groups attached to an aromatic ring is 1. The third-order valence-electron chi connectivity index (χ3n) is 2.11. The van der Waals surface area contributed by atoms with Gasteiger partial charge in [-0.15, -0.1) is 0 Å². The Morgan fingerprint density at radius 2 is 2.00 bits per heavy atom. The first kappa shape index (κ1) is 15.8. The number of amides is 2. The van der Waals surface area contributed by atoms with Crippen molar-refractivity contribution in [2.45, 2.75) is 6.18 Å². The number of urea groups is 1. The SMILES string of the molecule is CN(C)C(=O)NCCNc1cc(N)nc(C(F)(F)F)n1. The van der Waals surface area contributed by atoms with E-state index in [0.29, 0.717) is 0 Å². The number of nitrogens with two attached hydrogens (primary N) is 1. The number of anilines is 2. The zero-order chi connectivity index (χ0) is 15.3. The average molecular weight is 292 g/mol. The Balaban J connectivity index is 2.56. The van der Waals surface area contributed by atoms with E-state index in [0.717, 1.165) is 0 Å². The number of nitrogens with zero attached hydrogens (tertiary/aromatic N) is 3. The third kappa shape index (κ3) is 4.78. The van der Waals surface area contributed by atoms with E-state index in [-0.39, 0.29) is 30.8 Å². The fraction of sp³-hybridized carbons (Fsp3) is 0.500. The van der Waals surface area contributed by atoms with Crippen molar-refractivity contribution in [3.63, 3.8) is 0 Å². The van der Waals surface area contributed by atoms with Gasteiger partial charge in [-0.3, -0.25) is 0 Å². The van der Waals surface area contributed by atoms with Crippen LogP contribution in [0, 0.1) is 0 Å². The van der Waals surface area contributed by atoms with Gasteiger partial charge >= 0.3 is 12.2 Å². The molecule has 1 aromatic rings. The van der Waals surface area contributed by atoms with Crippen molar-refractivity contribution >= 4 is 17.7 Å². The summed E-state index contributed by atoms with van der Waals surface area (Å²) in [7, 11) is 3.15. The number of carbonyl (C=O) groups excluding carboxylic acids is 1. The largest absolute Gasteiger partial charge is 0.451 e. The lowest BCUT2D eigenvalue weighted by molar-refractivity contribution is -0.144. The Morgan fingerprint density at radius 3 is 2.55 bits per heavy atom. The van der Waals surface area contributed by atoms with Gasteiger partial charge in [0.2, 0.25) is 5.82 Å². The number of carbonyl (C=O) groups is 1. The van der Waals surface area contributed by atoms with E-state index < -0.39 is 12.0 Å². The minimum absolute atomic E-state index is 0.0519. The summed E-state index contributed by atoms with van der Waals surface area (Å²) >= 11 is 0. The molecule has 0 saturated heterocycles. The van der Waals surface area contributed by atoms with Crippen molar-refractivity contribution < 1.29 is 18.0 Å². The summed E-state index contributed by atoms with van der Waals surface area (Å²) in [6.07, 6.45) is -4.66. The van der Waals surface area contributed by atoms with E-state index in [9.17, 15) is 18.0 Å². The highest BCUT2D eigenvalue weighted by Gasteiger charge is 2.35. The molecule has 1 rings (SSSR count). The van der Waals surface area contributed by atoms with Crippen LogP contribution in [0.25, 0.3) is 0 Å². The molecular weight excluding hydrogens is 277 g/mol. The summed E-state index contributed by atoms with van der Waals surface area (Å²) in [5, 5.41) is 5.17. The highest BCUT2D eigenvalue weighted by atomic mass is 19.4. The van der Waals surface area contributed by atoms with E-state index in [1.807, 2.05) is 0 Å². The minimum atomic E-state index is -4.66. The van der Waals surface area contributed by atoms with Gasteiger partial charge in [-0.1, -0.05) is 0 Å². The van der Waals surface area contributed by atoms with Gasteiger partial charge in [-0.25, -0.2) is 14.8 Å². The number of alkyl halides is 3. The predicted molar refractivity (Wildman–Crippen MR) is 67.0 cm³/mol. The molecule has 0 saturated carbocycles. The Labute approximate surface area is 113 Å². The zero-order valence-electron chi connectivity index (χ0n) is 11.0. The summed E-state index contributed by atoms with van der Waals surface area (Å²) in [5.74, 6) is -1.64. The number of rotatable bonds is 4. The smallest absolute Gasteiger partial charge is 0.384 e. The lowest BCUT2D eigenvalue weighted by atomic mass is 10.4. The lowest BCUT2D eigenvalue weighted by Crippen LogP contribution is -2.37. The van der Waals surface area contributed by atoms with E-state index in [1.165, 1.54) is 11.0 Å². The first-order valence-corrected chi connectivity index (χ1v) is 5.61. The summed E-state index contributed by atoms with van der Waals surface area (Å²) in [6.45, 7) is 0.426. The van der Waals surface area contributed by atoms with Crippen molar-refractivity contribution in [2.75, 3.05) is 38.2 Å². The minimum Gasteiger partial charge on any atom is -0.384 e. The van der Waals surface area contributed by atoms with Crippen LogP contribution >= 0.6 is 0 Å². The van der Waals surface area contributed by atoms with Gasteiger partial charge < -0.3 is 21.3 Å². The molecule has 112 valence electrons. The molecule has 0 aromatic carbocycles. The average Bonchev–Trinajstić information content (AvgIpc) is 2.32. The number of aromatic nitrogens is 2. The summed E-state index contributed by atoms with van der Waals surface area (Å²) in [5.41, 5.74) is 5.28. The van der Waals surface area contributed by atoms with Crippen LogP contribution in [0.2, 0.25) is 0 Å². The van der Waals surface area contributed by atoms with E-state index in [1.54, 1.807) is 14.1 Å². The normalized spacial score (nSPS) is 11.1. The van der Waals surface area contributed by atoms with Gasteiger partial charge in [0.05, 0.1) is 0 Å². The molecular formula is C10H15F3N6O. The molecule has 1 heterocycles. The zero-order valence-corrected chi connectivity index (χ0v) is 11.0. The first-order chi connectivity index (χ1) is 9.20. The van der Waals surface area contributed by atoms with Gasteiger partial charge in [0.1, 0.15) is 11.6 Å². The lowest BCUT2D eigenvalue weighted by Gasteiger charge is -2.13. The van der Waals surface area contributed by atoms with Crippen molar-refractivity contribution in [2.24, 2.45) is 0 Å². The van der Waals surface area contributed by atoms with Gasteiger partial charge in [0.15, 0.2) is 0 Å². The van der Waals surface area contributed by atoms with Crippen LogP contribution < -0.4 is 16.4 Å². The predicted octanol–water partition coefficient (Wildman–Crippen LogP) is 0.761. The fourth-order valence-corrected chi connectivity index (χ4v) is 1.20. The molecule has 0 atom stereocenters. The summed E-state index contributed by atoms with van der Waals surface area (Å²) in [4.78, 5) is 18.9. The topological polar surface area (TPSA) is 96.2 Å². The summed E-state index contributed by atoms with van der Waals surface area (Å²) < 4.78 is 37.4. The number of hydrogen-bond donors (Lipinski definition) is 3. The van der Waals surface area contributed by atoms with Gasteiger partial charge in [0.25, 0.3) is 0 Å². The molecule has 0 bridgehead atoms. The maximum absolute atomic E-state index is 12.5. The monoisotopic (exact) mass is 292 g/mol. The van der Waals surface area contributed by atoms with Gasteiger partial charge in [-0.05, 0) is 0 Å². The number of nitrogens with one attached hydrogen (secondary N) is 2. The molecule has 7 nitrogen and oxygen atoms in total. The first-order valence-electron chi connectivity index (χ1n) is 5.61. The molecule has 0 fully saturated rings. The quantitative estimate of drug-likeness (QED) is 0.712. The molecule has 0 aliphatic rings. The highest BCUT2D eigenvalue weighted by Crippen LogP contribution is 2.27. The van der Waals surface area contributed by atoms with Crippen LogP contribution in [0.1, 0.15) is 5.82 Å². The van der Waals surface area contributed by atoms with Crippen molar-refractivity contribution in [3.8, 4) is 0 Å². The van der Waals surface area contributed by atoms with Crippen LogP contribution in [0.5, 0.6) is 0 Å². The summed E-state index contributed by atoms with van der Waals surface area (Å²) in [6, 6.07) is 0.883.